The van der Waals surface area contributed by atoms with Crippen LogP contribution in [0.25, 0.3) is 0 Å². The maximum atomic E-state index is 12.6. The standard InChI is InChI=1S/C13H19ClN2O2S/c1-10-4-3-7-16(10)19(17,18)13-8-11(9-15-2)5-6-12(13)14/h5-6,8,10,15H,3-4,7,9H2,1-2H3. The van der Waals surface area contributed by atoms with Crippen molar-refractivity contribution in [1.82, 2.24) is 9.62 Å². The summed E-state index contributed by atoms with van der Waals surface area (Å²) < 4.78 is 26.8. The predicted octanol–water partition coefficient (Wildman–Crippen LogP) is 2.23. The van der Waals surface area contributed by atoms with Crippen LogP contribution in [0.4, 0.5) is 0 Å². The molecular formula is C13H19ClN2O2S. The van der Waals surface area contributed by atoms with Crippen molar-refractivity contribution in [3.8, 4) is 0 Å². The van der Waals surface area contributed by atoms with Gasteiger partial charge < -0.3 is 5.32 Å². The van der Waals surface area contributed by atoms with Gasteiger partial charge in [-0.25, -0.2) is 8.42 Å². The average Bonchev–Trinajstić information content (AvgIpc) is 2.79. The van der Waals surface area contributed by atoms with Gasteiger partial charge in [0.05, 0.1) is 5.02 Å². The lowest BCUT2D eigenvalue weighted by Gasteiger charge is -2.22. The second-order valence-corrected chi connectivity index (χ2v) is 7.17. The number of benzene rings is 1. The lowest BCUT2D eigenvalue weighted by molar-refractivity contribution is 0.408. The molecule has 1 unspecified atom stereocenters. The van der Waals surface area contributed by atoms with Crippen molar-refractivity contribution in [2.24, 2.45) is 0 Å². The molecule has 0 radical (unpaired) electrons. The van der Waals surface area contributed by atoms with Crippen molar-refractivity contribution in [3.63, 3.8) is 0 Å². The summed E-state index contributed by atoms with van der Waals surface area (Å²) in [6, 6.07) is 5.21. The van der Waals surface area contributed by atoms with E-state index in [2.05, 4.69) is 5.32 Å². The molecule has 1 aliphatic heterocycles. The molecule has 19 heavy (non-hydrogen) atoms. The number of nitrogens with one attached hydrogen (secondary N) is 1. The van der Waals surface area contributed by atoms with Gasteiger partial charge in [0.1, 0.15) is 4.90 Å². The topological polar surface area (TPSA) is 49.4 Å². The van der Waals surface area contributed by atoms with Crippen LogP contribution in [0, 0.1) is 0 Å². The summed E-state index contributed by atoms with van der Waals surface area (Å²) in [6.45, 7) is 3.14. The van der Waals surface area contributed by atoms with E-state index in [-0.39, 0.29) is 10.9 Å². The summed E-state index contributed by atoms with van der Waals surface area (Å²) in [5.41, 5.74) is 0.914. The fourth-order valence-electron chi connectivity index (χ4n) is 2.45. The van der Waals surface area contributed by atoms with E-state index in [1.54, 1.807) is 16.4 Å². The minimum Gasteiger partial charge on any atom is -0.316 e. The summed E-state index contributed by atoms with van der Waals surface area (Å²) in [4.78, 5) is 0.218. The van der Waals surface area contributed by atoms with E-state index in [1.165, 1.54) is 0 Å². The van der Waals surface area contributed by atoms with Gasteiger partial charge in [0.25, 0.3) is 0 Å². The molecule has 0 aliphatic carbocycles. The Balaban J connectivity index is 2.42. The smallest absolute Gasteiger partial charge is 0.244 e. The van der Waals surface area contributed by atoms with Gasteiger partial charge >= 0.3 is 0 Å². The first-order chi connectivity index (χ1) is 8.96. The third-order valence-electron chi connectivity index (χ3n) is 3.46. The molecule has 0 saturated carbocycles. The number of halogens is 1. The van der Waals surface area contributed by atoms with E-state index in [1.807, 2.05) is 20.0 Å². The van der Waals surface area contributed by atoms with Crippen LogP contribution < -0.4 is 5.32 Å². The molecule has 6 heteroatoms. The first-order valence-corrected chi connectivity index (χ1v) is 8.23. The van der Waals surface area contributed by atoms with Crippen LogP contribution in [0.3, 0.4) is 0 Å². The lowest BCUT2D eigenvalue weighted by Crippen LogP contribution is -2.33. The van der Waals surface area contributed by atoms with E-state index >= 15 is 0 Å². The van der Waals surface area contributed by atoms with Crippen LogP contribution >= 0.6 is 11.6 Å². The Hall–Kier alpha value is -0.620. The molecule has 1 saturated heterocycles. The molecule has 1 N–H and O–H groups in total. The monoisotopic (exact) mass is 302 g/mol. The zero-order chi connectivity index (χ0) is 14.0. The Kier molecular flexibility index (Phi) is 4.50. The first kappa shape index (κ1) is 14.8. The lowest BCUT2D eigenvalue weighted by atomic mass is 10.2. The van der Waals surface area contributed by atoms with Gasteiger partial charge in [-0.15, -0.1) is 0 Å². The summed E-state index contributed by atoms with van der Waals surface area (Å²) in [5.74, 6) is 0. The van der Waals surface area contributed by atoms with Gasteiger partial charge in [0, 0.05) is 19.1 Å². The van der Waals surface area contributed by atoms with Crippen molar-refractivity contribution in [2.45, 2.75) is 37.2 Å². The van der Waals surface area contributed by atoms with Crippen molar-refractivity contribution < 1.29 is 8.42 Å². The maximum Gasteiger partial charge on any atom is 0.244 e. The fraction of sp³-hybridized carbons (Fsp3) is 0.538. The maximum absolute atomic E-state index is 12.6. The number of rotatable bonds is 4. The summed E-state index contributed by atoms with van der Waals surface area (Å²) >= 11 is 6.08. The molecule has 0 spiro atoms. The second kappa shape index (κ2) is 5.79. The molecule has 1 atom stereocenters. The van der Waals surface area contributed by atoms with Gasteiger partial charge in [0.2, 0.25) is 10.0 Å². The molecule has 1 fully saturated rings. The van der Waals surface area contributed by atoms with Crippen molar-refractivity contribution in [3.05, 3.63) is 28.8 Å². The van der Waals surface area contributed by atoms with E-state index in [0.717, 1.165) is 18.4 Å². The van der Waals surface area contributed by atoms with E-state index in [0.29, 0.717) is 18.1 Å². The van der Waals surface area contributed by atoms with Gasteiger partial charge in [-0.3, -0.25) is 0 Å². The predicted molar refractivity (Wildman–Crippen MR) is 76.8 cm³/mol. The van der Waals surface area contributed by atoms with Crippen molar-refractivity contribution >= 4 is 21.6 Å². The van der Waals surface area contributed by atoms with Crippen LogP contribution in [-0.4, -0.2) is 32.4 Å². The minimum absolute atomic E-state index is 0.0500. The molecule has 0 amide bonds. The summed E-state index contributed by atoms with van der Waals surface area (Å²) in [6.07, 6.45) is 1.82. The molecular weight excluding hydrogens is 284 g/mol. The Morgan fingerprint density at radius 2 is 2.21 bits per heavy atom. The van der Waals surface area contributed by atoms with E-state index < -0.39 is 10.0 Å². The molecule has 1 aliphatic rings. The van der Waals surface area contributed by atoms with Gasteiger partial charge in [-0.05, 0) is 44.5 Å². The van der Waals surface area contributed by atoms with Crippen LogP contribution in [0.15, 0.2) is 23.1 Å². The third kappa shape index (κ3) is 2.94. The highest BCUT2D eigenvalue weighted by Gasteiger charge is 2.33. The van der Waals surface area contributed by atoms with Crippen LogP contribution in [0.1, 0.15) is 25.3 Å². The van der Waals surface area contributed by atoms with E-state index in [9.17, 15) is 8.42 Å². The molecule has 106 valence electrons. The molecule has 1 aromatic rings. The van der Waals surface area contributed by atoms with Gasteiger partial charge in [-0.1, -0.05) is 17.7 Å². The largest absolute Gasteiger partial charge is 0.316 e. The highest BCUT2D eigenvalue weighted by atomic mass is 35.5. The molecule has 4 nitrogen and oxygen atoms in total. The molecule has 1 aromatic carbocycles. The van der Waals surface area contributed by atoms with Crippen LogP contribution in [0.5, 0.6) is 0 Å². The summed E-state index contributed by atoms with van der Waals surface area (Å²) in [5, 5.41) is 3.30. The molecule has 2 rings (SSSR count). The second-order valence-electron chi connectivity index (χ2n) is 4.90. The van der Waals surface area contributed by atoms with Crippen molar-refractivity contribution in [2.75, 3.05) is 13.6 Å². The molecule has 0 bridgehead atoms. The number of nitrogens with zero attached hydrogens (tertiary/aromatic N) is 1. The molecule has 1 heterocycles. The SMILES string of the molecule is CNCc1ccc(Cl)c(S(=O)(=O)N2CCCC2C)c1. The summed E-state index contributed by atoms with van der Waals surface area (Å²) in [7, 11) is -1.66. The van der Waals surface area contributed by atoms with Crippen molar-refractivity contribution in [1.29, 1.82) is 0 Å². The third-order valence-corrected chi connectivity index (χ3v) is 5.95. The van der Waals surface area contributed by atoms with Gasteiger partial charge in [0.15, 0.2) is 0 Å². The van der Waals surface area contributed by atoms with E-state index in [4.69, 9.17) is 11.6 Å². The quantitative estimate of drug-likeness (QED) is 0.928. The fourth-order valence-corrected chi connectivity index (χ4v) is 4.68. The Labute approximate surface area is 119 Å². The normalized spacial score (nSPS) is 20.9. The number of hydrogen-bond donors (Lipinski definition) is 1. The van der Waals surface area contributed by atoms with Crippen LogP contribution in [0.2, 0.25) is 5.02 Å². The molecule has 0 aromatic heterocycles. The number of hydrogen-bond acceptors (Lipinski definition) is 3. The minimum atomic E-state index is -3.49. The Morgan fingerprint density at radius 1 is 1.47 bits per heavy atom. The Bertz CT molecular complexity index is 560. The zero-order valence-corrected chi connectivity index (χ0v) is 12.8. The van der Waals surface area contributed by atoms with Crippen LogP contribution in [-0.2, 0) is 16.6 Å². The Morgan fingerprint density at radius 3 is 2.79 bits per heavy atom. The zero-order valence-electron chi connectivity index (χ0n) is 11.2. The first-order valence-electron chi connectivity index (χ1n) is 6.41. The highest BCUT2D eigenvalue weighted by molar-refractivity contribution is 7.89. The highest BCUT2D eigenvalue weighted by Crippen LogP contribution is 2.30. The van der Waals surface area contributed by atoms with Gasteiger partial charge in [-0.2, -0.15) is 4.31 Å². The average molecular weight is 303 g/mol. The number of sulfonamides is 1.